The Morgan fingerprint density at radius 3 is 2.45 bits per heavy atom. The Kier molecular flexibility index (Phi) is 5.68. The molecule has 4 aromatic rings. The van der Waals surface area contributed by atoms with Gasteiger partial charge in [0.05, 0.1) is 17.2 Å². The van der Waals surface area contributed by atoms with E-state index in [-0.39, 0.29) is 5.82 Å². The van der Waals surface area contributed by atoms with Gasteiger partial charge in [0.1, 0.15) is 0 Å². The van der Waals surface area contributed by atoms with Crippen molar-refractivity contribution in [2.75, 3.05) is 47.6 Å². The van der Waals surface area contributed by atoms with Gasteiger partial charge in [-0.15, -0.1) is 0 Å². The number of hydrogen-bond acceptors (Lipinski definition) is 7. The molecule has 1 aliphatic heterocycles. The molecule has 0 saturated carbocycles. The quantitative estimate of drug-likeness (QED) is 0.383. The van der Waals surface area contributed by atoms with Gasteiger partial charge in [-0.2, -0.15) is 4.98 Å². The van der Waals surface area contributed by atoms with Crippen molar-refractivity contribution in [1.82, 2.24) is 19.9 Å². The third-order valence-electron chi connectivity index (χ3n) is 5.74. The van der Waals surface area contributed by atoms with Gasteiger partial charge < -0.3 is 25.4 Å². The number of H-pyrrole nitrogens is 1. The topological polar surface area (TPSA) is 85.0 Å². The second-order valence-corrected chi connectivity index (χ2v) is 8.42. The van der Waals surface area contributed by atoms with Crippen LogP contribution in [0.3, 0.4) is 0 Å². The molecule has 5 rings (SSSR count). The Balaban J connectivity index is 1.31. The minimum atomic E-state index is -0.514. The van der Waals surface area contributed by atoms with Crippen molar-refractivity contribution >= 4 is 45.8 Å². The number of imidazole rings is 1. The summed E-state index contributed by atoms with van der Waals surface area (Å²) >= 11 is 0. The van der Waals surface area contributed by atoms with Gasteiger partial charge in [-0.25, -0.2) is 14.4 Å². The predicted molar refractivity (Wildman–Crippen MR) is 131 cm³/mol. The second kappa shape index (κ2) is 8.93. The van der Waals surface area contributed by atoms with Crippen molar-refractivity contribution < 1.29 is 4.39 Å². The van der Waals surface area contributed by atoms with Crippen LogP contribution in [0.25, 0.3) is 11.0 Å². The number of nitrogens with one attached hydrogen (secondary N) is 3. The summed E-state index contributed by atoms with van der Waals surface area (Å²) in [7, 11) is 3.86. The van der Waals surface area contributed by atoms with Gasteiger partial charge >= 0.3 is 0 Å². The zero-order valence-electron chi connectivity index (χ0n) is 18.8. The molecule has 8 nitrogen and oxygen atoms in total. The highest BCUT2D eigenvalue weighted by Gasteiger charge is 2.12. The summed E-state index contributed by atoms with van der Waals surface area (Å²) in [5, 5.41) is 6.21. The SMILES string of the molecule is CN(C)c1nc2ccc(Nc3ncc(F)c(Nc4ccc(N5CCCCC5)cc4)n3)cc2[nH]1. The molecule has 2 aromatic carbocycles. The maximum Gasteiger partial charge on any atom is 0.229 e. The molecule has 3 heterocycles. The first-order valence-electron chi connectivity index (χ1n) is 11.1. The average molecular weight is 447 g/mol. The van der Waals surface area contributed by atoms with Gasteiger partial charge in [-0.3, -0.25) is 0 Å². The van der Waals surface area contributed by atoms with Gasteiger partial charge in [0.2, 0.25) is 11.9 Å². The van der Waals surface area contributed by atoms with Crippen LogP contribution in [0.2, 0.25) is 0 Å². The van der Waals surface area contributed by atoms with Crippen LogP contribution in [0.1, 0.15) is 19.3 Å². The second-order valence-electron chi connectivity index (χ2n) is 8.42. The Morgan fingerprint density at radius 2 is 1.70 bits per heavy atom. The summed E-state index contributed by atoms with van der Waals surface area (Å²) in [5.74, 6) is 0.685. The Bertz CT molecular complexity index is 1250. The van der Waals surface area contributed by atoms with Crippen molar-refractivity contribution in [1.29, 1.82) is 0 Å². The summed E-state index contributed by atoms with van der Waals surface area (Å²) in [6.07, 6.45) is 4.92. The van der Waals surface area contributed by atoms with Gasteiger partial charge in [0.25, 0.3) is 0 Å². The van der Waals surface area contributed by atoms with Crippen LogP contribution in [0.15, 0.2) is 48.7 Å². The van der Waals surface area contributed by atoms with Crippen LogP contribution in [0.4, 0.5) is 39.2 Å². The summed E-state index contributed by atoms with van der Waals surface area (Å²) in [4.78, 5) is 20.5. The Labute approximate surface area is 191 Å². The highest BCUT2D eigenvalue weighted by molar-refractivity contribution is 5.82. The first kappa shape index (κ1) is 21.0. The van der Waals surface area contributed by atoms with Gasteiger partial charge in [0.15, 0.2) is 11.6 Å². The lowest BCUT2D eigenvalue weighted by atomic mass is 10.1. The molecule has 0 unspecified atom stereocenters. The number of aromatic nitrogens is 4. The maximum atomic E-state index is 14.4. The lowest BCUT2D eigenvalue weighted by Gasteiger charge is -2.28. The molecule has 1 aliphatic rings. The minimum Gasteiger partial charge on any atom is -0.372 e. The molecular formula is C24H27FN8. The summed E-state index contributed by atoms with van der Waals surface area (Å²) in [5.41, 5.74) is 4.49. The fourth-order valence-corrected chi connectivity index (χ4v) is 3.97. The molecule has 0 aliphatic carbocycles. The van der Waals surface area contributed by atoms with E-state index in [2.05, 4.69) is 47.6 Å². The number of hydrogen-bond donors (Lipinski definition) is 3. The van der Waals surface area contributed by atoms with Crippen molar-refractivity contribution in [2.45, 2.75) is 19.3 Å². The number of benzene rings is 2. The molecule has 170 valence electrons. The third-order valence-corrected chi connectivity index (χ3v) is 5.74. The van der Waals surface area contributed by atoms with E-state index in [9.17, 15) is 4.39 Å². The summed E-state index contributed by atoms with van der Waals surface area (Å²) < 4.78 is 14.4. The van der Waals surface area contributed by atoms with Gasteiger partial charge in [0, 0.05) is 44.2 Å². The van der Waals surface area contributed by atoms with Crippen molar-refractivity contribution in [2.24, 2.45) is 0 Å². The largest absolute Gasteiger partial charge is 0.372 e. The minimum absolute atomic E-state index is 0.121. The number of fused-ring (bicyclic) bond motifs is 1. The Hall–Kier alpha value is -3.88. The van der Waals surface area contributed by atoms with E-state index in [0.29, 0.717) is 5.95 Å². The normalized spacial score (nSPS) is 13.8. The highest BCUT2D eigenvalue weighted by Crippen LogP contribution is 2.26. The zero-order chi connectivity index (χ0) is 22.8. The highest BCUT2D eigenvalue weighted by atomic mass is 19.1. The van der Waals surface area contributed by atoms with Crippen LogP contribution in [0, 0.1) is 5.82 Å². The average Bonchev–Trinajstić information content (AvgIpc) is 3.26. The number of anilines is 6. The van der Waals surface area contributed by atoms with E-state index in [1.54, 1.807) is 0 Å². The number of piperidine rings is 1. The molecule has 3 N–H and O–H groups in total. The first-order valence-corrected chi connectivity index (χ1v) is 11.1. The maximum absolute atomic E-state index is 14.4. The lowest BCUT2D eigenvalue weighted by molar-refractivity contribution is 0.578. The van der Waals surface area contributed by atoms with E-state index < -0.39 is 5.82 Å². The van der Waals surface area contributed by atoms with Crippen LogP contribution in [-0.2, 0) is 0 Å². The molecule has 0 bridgehead atoms. The van der Waals surface area contributed by atoms with Crippen molar-refractivity contribution in [3.8, 4) is 0 Å². The molecule has 2 aromatic heterocycles. The van der Waals surface area contributed by atoms with Crippen molar-refractivity contribution in [3.05, 3.63) is 54.5 Å². The molecule has 33 heavy (non-hydrogen) atoms. The Morgan fingerprint density at radius 1 is 0.939 bits per heavy atom. The molecule has 1 fully saturated rings. The van der Waals surface area contributed by atoms with Gasteiger partial charge in [-0.05, 0) is 61.7 Å². The van der Waals surface area contributed by atoms with E-state index in [1.807, 2.05) is 49.3 Å². The fraction of sp³-hybridized carbons (Fsp3) is 0.292. The summed E-state index contributed by atoms with van der Waals surface area (Å²) in [6.45, 7) is 2.17. The van der Waals surface area contributed by atoms with Gasteiger partial charge in [-0.1, -0.05) is 0 Å². The van der Waals surface area contributed by atoms with Crippen LogP contribution < -0.4 is 20.4 Å². The van der Waals surface area contributed by atoms with E-state index in [0.717, 1.165) is 41.4 Å². The molecule has 1 saturated heterocycles. The molecule has 0 spiro atoms. The van der Waals surface area contributed by atoms with E-state index in [1.165, 1.54) is 31.1 Å². The molecule has 9 heteroatoms. The van der Waals surface area contributed by atoms with E-state index >= 15 is 0 Å². The van der Waals surface area contributed by atoms with E-state index in [4.69, 9.17) is 0 Å². The smallest absolute Gasteiger partial charge is 0.229 e. The van der Waals surface area contributed by atoms with Crippen LogP contribution in [-0.4, -0.2) is 47.1 Å². The van der Waals surface area contributed by atoms with Crippen LogP contribution >= 0.6 is 0 Å². The molecule has 0 radical (unpaired) electrons. The predicted octanol–water partition coefficient (Wildman–Crippen LogP) is 5.04. The standard InChI is InChI=1S/C24H27FN8/c1-32(2)24-29-20-11-8-17(14-21(20)30-24)28-23-26-15-19(25)22(31-23)27-16-6-9-18(10-7-16)33-12-4-3-5-13-33/h6-11,14-15H,3-5,12-13H2,1-2H3,(H,29,30)(H2,26,27,28,31). The fourth-order valence-electron chi connectivity index (χ4n) is 3.97. The molecule has 0 atom stereocenters. The first-order chi connectivity index (χ1) is 16.0. The molecular weight excluding hydrogens is 419 g/mol. The number of halogens is 1. The summed E-state index contributed by atoms with van der Waals surface area (Å²) in [6, 6.07) is 13.8. The number of nitrogens with zero attached hydrogens (tertiary/aromatic N) is 5. The third kappa shape index (κ3) is 4.67. The van der Waals surface area contributed by atoms with Crippen LogP contribution in [0.5, 0.6) is 0 Å². The number of aromatic amines is 1. The molecule has 0 amide bonds. The number of rotatable bonds is 6. The zero-order valence-corrected chi connectivity index (χ0v) is 18.8. The monoisotopic (exact) mass is 446 g/mol. The lowest BCUT2D eigenvalue weighted by Crippen LogP contribution is -2.29. The van der Waals surface area contributed by atoms with Crippen molar-refractivity contribution in [3.63, 3.8) is 0 Å².